The molecule has 5 nitrogen and oxygen atoms in total. The fourth-order valence-corrected chi connectivity index (χ4v) is 2.32. The normalized spacial score (nSPS) is 30.5. The van der Waals surface area contributed by atoms with Crippen LogP contribution in [0, 0.1) is 11.8 Å². The summed E-state index contributed by atoms with van der Waals surface area (Å²) in [5, 5.41) is 6.13. The van der Waals surface area contributed by atoms with Gasteiger partial charge in [0, 0.05) is 25.0 Å². The minimum Gasteiger partial charge on any atom is -0.369 e. The van der Waals surface area contributed by atoms with Gasteiger partial charge in [-0.3, -0.25) is 9.59 Å². The summed E-state index contributed by atoms with van der Waals surface area (Å²) in [6.45, 7) is 1.59. The Kier molecular flexibility index (Phi) is 3.43. The molecule has 0 aromatic carbocycles. The predicted octanol–water partition coefficient (Wildman–Crippen LogP) is -0.634. The fraction of sp³-hybridized carbons (Fsp3) is 0.818. The number of primary amides is 1. The van der Waals surface area contributed by atoms with E-state index in [-0.39, 0.29) is 29.7 Å². The maximum absolute atomic E-state index is 11.7. The highest BCUT2D eigenvalue weighted by Gasteiger charge is 2.29. The zero-order valence-corrected chi connectivity index (χ0v) is 9.37. The zero-order valence-electron chi connectivity index (χ0n) is 9.37. The van der Waals surface area contributed by atoms with E-state index < -0.39 is 0 Å². The van der Waals surface area contributed by atoms with E-state index in [1.807, 2.05) is 0 Å². The highest BCUT2D eigenvalue weighted by molar-refractivity contribution is 5.80. The molecule has 2 fully saturated rings. The third-order valence-corrected chi connectivity index (χ3v) is 3.63. The van der Waals surface area contributed by atoms with Gasteiger partial charge in [0.05, 0.1) is 5.92 Å². The Morgan fingerprint density at radius 2 is 1.69 bits per heavy atom. The standard InChI is InChI=1S/C11H19N3O2/c12-10(15)7-1-3-9(4-2-7)14-11(16)8-5-13-6-8/h7-9,13H,1-6H2,(H2,12,15)(H,14,16). The summed E-state index contributed by atoms with van der Waals surface area (Å²) in [6, 6.07) is 0.240. The molecule has 2 rings (SSSR count). The topological polar surface area (TPSA) is 84.2 Å². The van der Waals surface area contributed by atoms with E-state index in [4.69, 9.17) is 5.73 Å². The van der Waals surface area contributed by atoms with Crippen molar-refractivity contribution in [1.82, 2.24) is 10.6 Å². The molecule has 5 heteroatoms. The van der Waals surface area contributed by atoms with E-state index in [1.165, 1.54) is 0 Å². The molecule has 90 valence electrons. The second-order valence-electron chi connectivity index (χ2n) is 4.81. The van der Waals surface area contributed by atoms with E-state index in [0.29, 0.717) is 0 Å². The van der Waals surface area contributed by atoms with Crippen LogP contribution in [-0.4, -0.2) is 30.9 Å². The average Bonchev–Trinajstić information content (AvgIpc) is 2.15. The molecule has 1 aliphatic carbocycles. The van der Waals surface area contributed by atoms with Crippen molar-refractivity contribution in [3.63, 3.8) is 0 Å². The van der Waals surface area contributed by atoms with E-state index in [2.05, 4.69) is 10.6 Å². The Bertz CT molecular complexity index is 281. The maximum Gasteiger partial charge on any atom is 0.225 e. The molecule has 0 spiro atoms. The van der Waals surface area contributed by atoms with Crippen molar-refractivity contribution in [3.8, 4) is 0 Å². The molecule has 1 saturated carbocycles. The molecule has 1 saturated heterocycles. The van der Waals surface area contributed by atoms with Crippen LogP contribution in [0.1, 0.15) is 25.7 Å². The van der Waals surface area contributed by atoms with Gasteiger partial charge in [0.1, 0.15) is 0 Å². The molecule has 0 radical (unpaired) electrons. The zero-order chi connectivity index (χ0) is 11.5. The van der Waals surface area contributed by atoms with Crippen molar-refractivity contribution in [2.24, 2.45) is 17.6 Å². The minimum absolute atomic E-state index is 0.0125. The first-order valence-corrected chi connectivity index (χ1v) is 5.97. The highest BCUT2D eigenvalue weighted by Crippen LogP contribution is 2.24. The number of hydrogen-bond acceptors (Lipinski definition) is 3. The lowest BCUT2D eigenvalue weighted by Crippen LogP contribution is -2.53. The number of nitrogens with one attached hydrogen (secondary N) is 2. The van der Waals surface area contributed by atoms with Crippen LogP contribution in [0.5, 0.6) is 0 Å². The molecule has 0 aromatic heterocycles. The van der Waals surface area contributed by atoms with Gasteiger partial charge in [-0.2, -0.15) is 0 Å². The quantitative estimate of drug-likeness (QED) is 0.597. The van der Waals surface area contributed by atoms with Crippen LogP contribution in [0.25, 0.3) is 0 Å². The largest absolute Gasteiger partial charge is 0.369 e. The lowest BCUT2D eigenvalue weighted by Gasteiger charge is -2.31. The minimum atomic E-state index is -0.201. The molecule has 0 bridgehead atoms. The number of nitrogens with two attached hydrogens (primary N) is 1. The van der Waals surface area contributed by atoms with Crippen LogP contribution in [0.4, 0.5) is 0 Å². The second-order valence-corrected chi connectivity index (χ2v) is 4.81. The van der Waals surface area contributed by atoms with Crippen molar-refractivity contribution in [3.05, 3.63) is 0 Å². The smallest absolute Gasteiger partial charge is 0.225 e. The van der Waals surface area contributed by atoms with E-state index in [0.717, 1.165) is 38.8 Å². The molecule has 4 N–H and O–H groups in total. The monoisotopic (exact) mass is 225 g/mol. The Labute approximate surface area is 95.1 Å². The Balaban J connectivity index is 1.72. The first kappa shape index (κ1) is 11.4. The molecule has 2 amide bonds. The molecule has 0 atom stereocenters. The Morgan fingerprint density at radius 1 is 1.06 bits per heavy atom. The van der Waals surface area contributed by atoms with Gasteiger partial charge >= 0.3 is 0 Å². The lowest BCUT2D eigenvalue weighted by atomic mass is 9.85. The fourth-order valence-electron chi connectivity index (χ4n) is 2.32. The summed E-state index contributed by atoms with van der Waals surface area (Å²) in [5.74, 6) is 0.113. The summed E-state index contributed by atoms with van der Waals surface area (Å²) >= 11 is 0. The van der Waals surface area contributed by atoms with Crippen LogP contribution >= 0.6 is 0 Å². The molecular weight excluding hydrogens is 206 g/mol. The van der Waals surface area contributed by atoms with Crippen molar-refractivity contribution < 1.29 is 9.59 Å². The van der Waals surface area contributed by atoms with Gasteiger partial charge in [-0.05, 0) is 25.7 Å². The average molecular weight is 225 g/mol. The van der Waals surface area contributed by atoms with Crippen molar-refractivity contribution >= 4 is 11.8 Å². The molecule has 2 aliphatic rings. The van der Waals surface area contributed by atoms with Crippen LogP contribution in [0.2, 0.25) is 0 Å². The highest BCUT2D eigenvalue weighted by atomic mass is 16.2. The number of amides is 2. The van der Waals surface area contributed by atoms with Crippen LogP contribution in [0.3, 0.4) is 0 Å². The predicted molar refractivity (Wildman–Crippen MR) is 59.4 cm³/mol. The lowest BCUT2D eigenvalue weighted by molar-refractivity contribution is -0.127. The van der Waals surface area contributed by atoms with Crippen LogP contribution in [0.15, 0.2) is 0 Å². The molecule has 1 heterocycles. The summed E-state index contributed by atoms with van der Waals surface area (Å²) < 4.78 is 0. The van der Waals surface area contributed by atoms with Crippen molar-refractivity contribution in [2.45, 2.75) is 31.7 Å². The molecule has 16 heavy (non-hydrogen) atoms. The van der Waals surface area contributed by atoms with Gasteiger partial charge in [-0.25, -0.2) is 0 Å². The van der Waals surface area contributed by atoms with Gasteiger partial charge < -0.3 is 16.4 Å². The number of carbonyl (C=O) groups is 2. The molecular formula is C11H19N3O2. The SMILES string of the molecule is NC(=O)C1CCC(NC(=O)C2CNC2)CC1. The van der Waals surface area contributed by atoms with Crippen molar-refractivity contribution in [2.75, 3.05) is 13.1 Å². The van der Waals surface area contributed by atoms with Gasteiger partial charge in [-0.15, -0.1) is 0 Å². The van der Waals surface area contributed by atoms with Gasteiger partial charge in [0.25, 0.3) is 0 Å². The summed E-state index contributed by atoms with van der Waals surface area (Å²) in [5.41, 5.74) is 5.26. The Morgan fingerprint density at radius 3 is 2.12 bits per heavy atom. The summed E-state index contributed by atoms with van der Waals surface area (Å²) in [7, 11) is 0. The first-order chi connectivity index (χ1) is 7.66. The van der Waals surface area contributed by atoms with Crippen molar-refractivity contribution in [1.29, 1.82) is 0 Å². The number of carbonyl (C=O) groups excluding carboxylic acids is 2. The van der Waals surface area contributed by atoms with E-state index >= 15 is 0 Å². The van der Waals surface area contributed by atoms with Gasteiger partial charge in [0.2, 0.25) is 11.8 Å². The van der Waals surface area contributed by atoms with E-state index in [1.54, 1.807) is 0 Å². The summed E-state index contributed by atoms with van der Waals surface area (Å²) in [6.07, 6.45) is 3.37. The van der Waals surface area contributed by atoms with Gasteiger partial charge in [0.15, 0.2) is 0 Å². The molecule has 1 aliphatic heterocycles. The molecule has 0 unspecified atom stereocenters. The maximum atomic E-state index is 11.7. The number of rotatable bonds is 3. The Hall–Kier alpha value is -1.10. The summed E-state index contributed by atoms with van der Waals surface area (Å²) in [4.78, 5) is 22.6. The van der Waals surface area contributed by atoms with Crippen LogP contribution < -0.4 is 16.4 Å². The first-order valence-electron chi connectivity index (χ1n) is 5.97. The van der Waals surface area contributed by atoms with Gasteiger partial charge in [-0.1, -0.05) is 0 Å². The van der Waals surface area contributed by atoms with Crippen LogP contribution in [-0.2, 0) is 9.59 Å². The molecule has 0 aromatic rings. The number of hydrogen-bond donors (Lipinski definition) is 3. The third-order valence-electron chi connectivity index (χ3n) is 3.63. The third kappa shape index (κ3) is 2.52. The van der Waals surface area contributed by atoms with E-state index in [9.17, 15) is 9.59 Å². The second kappa shape index (κ2) is 4.82.